The monoisotopic (exact) mass is 395 g/mol. The van der Waals surface area contributed by atoms with Gasteiger partial charge in [-0.3, -0.25) is 14.5 Å². The van der Waals surface area contributed by atoms with Crippen LogP contribution in [-0.2, 0) is 20.9 Å². The van der Waals surface area contributed by atoms with Crippen LogP contribution in [0.3, 0.4) is 0 Å². The minimum absolute atomic E-state index is 0.134. The predicted molar refractivity (Wildman–Crippen MR) is 114 cm³/mol. The summed E-state index contributed by atoms with van der Waals surface area (Å²) in [5.74, 6) is -0.291. The van der Waals surface area contributed by atoms with Crippen LogP contribution in [0.25, 0.3) is 0 Å². The summed E-state index contributed by atoms with van der Waals surface area (Å²) in [5.41, 5.74) is 4.02. The highest BCUT2D eigenvalue weighted by molar-refractivity contribution is 5.91. The quantitative estimate of drug-likeness (QED) is 0.756. The normalized spacial score (nSPS) is 15.5. The molecule has 2 N–H and O–H groups in total. The number of carbonyl (C=O) groups is 2. The highest BCUT2D eigenvalue weighted by atomic mass is 16.5. The van der Waals surface area contributed by atoms with Crippen LogP contribution in [0.4, 0.5) is 5.69 Å². The molecule has 0 bridgehead atoms. The zero-order valence-corrected chi connectivity index (χ0v) is 17.1. The largest absolute Gasteiger partial charge is 0.379 e. The second-order valence-electron chi connectivity index (χ2n) is 7.50. The maximum atomic E-state index is 12.6. The Bertz CT molecular complexity index is 812. The van der Waals surface area contributed by atoms with Crippen LogP contribution in [0.5, 0.6) is 0 Å². The molecule has 29 heavy (non-hydrogen) atoms. The number of amides is 2. The Hall–Kier alpha value is -2.70. The van der Waals surface area contributed by atoms with Crippen molar-refractivity contribution in [3.05, 3.63) is 65.2 Å². The molecule has 1 unspecified atom stereocenters. The van der Waals surface area contributed by atoms with Gasteiger partial charge >= 0.3 is 0 Å². The minimum Gasteiger partial charge on any atom is -0.379 e. The maximum absolute atomic E-state index is 12.6. The molecule has 1 aliphatic rings. The maximum Gasteiger partial charge on any atom is 0.226 e. The van der Waals surface area contributed by atoms with Gasteiger partial charge in [0.1, 0.15) is 0 Å². The number of ether oxygens (including phenoxy) is 1. The van der Waals surface area contributed by atoms with Crippen LogP contribution in [0.15, 0.2) is 48.5 Å². The Kier molecular flexibility index (Phi) is 7.38. The average molecular weight is 396 g/mol. The summed E-state index contributed by atoms with van der Waals surface area (Å²) >= 11 is 0. The summed E-state index contributed by atoms with van der Waals surface area (Å²) in [6.45, 7) is 7.81. The molecule has 0 aromatic heterocycles. The summed E-state index contributed by atoms with van der Waals surface area (Å²) in [5, 5.41) is 5.81. The fraction of sp³-hybridized carbons (Fsp3) is 0.391. The molecule has 0 radical (unpaired) electrons. The smallest absolute Gasteiger partial charge is 0.226 e. The van der Waals surface area contributed by atoms with E-state index < -0.39 is 0 Å². The molecule has 1 heterocycles. The van der Waals surface area contributed by atoms with Crippen molar-refractivity contribution in [2.24, 2.45) is 0 Å². The Labute approximate surface area is 172 Å². The first-order valence-electron chi connectivity index (χ1n) is 10.0. The first kappa shape index (κ1) is 21.0. The molecule has 1 atom stereocenters. The summed E-state index contributed by atoms with van der Waals surface area (Å²) in [4.78, 5) is 26.5. The number of aryl methyl sites for hydroxylation is 1. The molecule has 1 saturated heterocycles. The third-order valence-corrected chi connectivity index (χ3v) is 4.99. The van der Waals surface area contributed by atoms with Gasteiger partial charge in [0.2, 0.25) is 11.8 Å². The van der Waals surface area contributed by atoms with E-state index in [1.54, 1.807) is 0 Å². The van der Waals surface area contributed by atoms with Gasteiger partial charge in [0.15, 0.2) is 0 Å². The van der Waals surface area contributed by atoms with Gasteiger partial charge in [-0.25, -0.2) is 0 Å². The number of nitrogens with one attached hydrogen (secondary N) is 2. The standard InChI is InChI=1S/C23H29N3O3/c1-17-3-7-20(8-4-17)22(24-18(2)27)15-23(28)25-21-9-5-19(6-10-21)16-26-11-13-29-14-12-26/h3-10,22H,11-16H2,1-2H3,(H,24,27)(H,25,28). The van der Waals surface area contributed by atoms with Gasteiger partial charge in [0.05, 0.1) is 25.7 Å². The van der Waals surface area contributed by atoms with Crippen molar-refractivity contribution in [2.75, 3.05) is 31.6 Å². The van der Waals surface area contributed by atoms with Gasteiger partial charge in [-0.1, -0.05) is 42.0 Å². The molecule has 2 aromatic carbocycles. The number of benzene rings is 2. The lowest BCUT2D eigenvalue weighted by molar-refractivity contribution is -0.120. The van der Waals surface area contributed by atoms with Crippen molar-refractivity contribution < 1.29 is 14.3 Å². The third kappa shape index (κ3) is 6.69. The lowest BCUT2D eigenvalue weighted by Gasteiger charge is -2.26. The highest BCUT2D eigenvalue weighted by Crippen LogP contribution is 2.19. The van der Waals surface area contributed by atoms with E-state index >= 15 is 0 Å². The molecule has 0 spiro atoms. The van der Waals surface area contributed by atoms with Gasteiger partial charge < -0.3 is 15.4 Å². The number of rotatable bonds is 7. The Balaban J connectivity index is 1.57. The second-order valence-corrected chi connectivity index (χ2v) is 7.50. The molecule has 1 fully saturated rings. The molecule has 2 aromatic rings. The SMILES string of the molecule is CC(=O)NC(CC(=O)Nc1ccc(CN2CCOCC2)cc1)c1ccc(C)cc1. The van der Waals surface area contributed by atoms with E-state index in [9.17, 15) is 9.59 Å². The number of nitrogens with zero attached hydrogens (tertiary/aromatic N) is 1. The topological polar surface area (TPSA) is 70.7 Å². The number of morpholine rings is 1. The van der Waals surface area contributed by atoms with Gasteiger partial charge in [0.25, 0.3) is 0 Å². The Morgan fingerprint density at radius 2 is 1.69 bits per heavy atom. The van der Waals surface area contributed by atoms with E-state index in [1.165, 1.54) is 12.5 Å². The van der Waals surface area contributed by atoms with E-state index in [0.29, 0.717) is 0 Å². The van der Waals surface area contributed by atoms with Crippen molar-refractivity contribution in [2.45, 2.75) is 32.9 Å². The van der Waals surface area contributed by atoms with Gasteiger partial charge in [-0.15, -0.1) is 0 Å². The predicted octanol–water partition coefficient (Wildman–Crippen LogP) is 3.03. The third-order valence-electron chi connectivity index (χ3n) is 4.99. The summed E-state index contributed by atoms with van der Waals surface area (Å²) in [6, 6.07) is 15.4. The van der Waals surface area contributed by atoms with Gasteiger partial charge in [0, 0.05) is 32.2 Å². The lowest BCUT2D eigenvalue weighted by Crippen LogP contribution is -2.35. The van der Waals surface area contributed by atoms with Crippen LogP contribution >= 0.6 is 0 Å². The van der Waals surface area contributed by atoms with Crippen LogP contribution < -0.4 is 10.6 Å². The van der Waals surface area contributed by atoms with Crippen LogP contribution in [-0.4, -0.2) is 43.0 Å². The number of hydrogen-bond donors (Lipinski definition) is 2. The Morgan fingerprint density at radius 1 is 1.03 bits per heavy atom. The molecular formula is C23H29N3O3. The van der Waals surface area contributed by atoms with Crippen molar-refractivity contribution in [1.29, 1.82) is 0 Å². The van der Waals surface area contributed by atoms with Crippen molar-refractivity contribution in [1.82, 2.24) is 10.2 Å². The number of hydrogen-bond acceptors (Lipinski definition) is 4. The second kappa shape index (κ2) is 10.2. The molecule has 3 rings (SSSR count). The average Bonchev–Trinajstić information content (AvgIpc) is 2.70. The summed E-state index contributed by atoms with van der Waals surface area (Å²) in [6.07, 6.45) is 0.179. The fourth-order valence-corrected chi connectivity index (χ4v) is 3.40. The molecule has 6 nitrogen and oxygen atoms in total. The lowest BCUT2D eigenvalue weighted by atomic mass is 10.0. The fourth-order valence-electron chi connectivity index (χ4n) is 3.40. The molecule has 6 heteroatoms. The van der Waals surface area contributed by atoms with Gasteiger partial charge in [-0.2, -0.15) is 0 Å². The highest BCUT2D eigenvalue weighted by Gasteiger charge is 2.17. The molecule has 0 aliphatic carbocycles. The first-order chi connectivity index (χ1) is 14.0. The van der Waals surface area contributed by atoms with Crippen molar-refractivity contribution in [3.63, 3.8) is 0 Å². The van der Waals surface area contributed by atoms with E-state index in [-0.39, 0.29) is 24.3 Å². The van der Waals surface area contributed by atoms with E-state index in [0.717, 1.165) is 49.7 Å². The van der Waals surface area contributed by atoms with Gasteiger partial charge in [-0.05, 0) is 30.2 Å². The van der Waals surface area contributed by atoms with Crippen LogP contribution in [0.1, 0.15) is 36.1 Å². The molecule has 1 aliphatic heterocycles. The zero-order valence-electron chi connectivity index (χ0n) is 17.1. The molecule has 2 amide bonds. The minimum atomic E-state index is -0.353. The summed E-state index contributed by atoms with van der Waals surface area (Å²) in [7, 11) is 0. The van der Waals surface area contributed by atoms with Crippen LogP contribution in [0, 0.1) is 6.92 Å². The molecule has 154 valence electrons. The molecule has 0 saturated carbocycles. The first-order valence-corrected chi connectivity index (χ1v) is 10.0. The van der Waals surface area contributed by atoms with E-state index in [1.807, 2.05) is 55.5 Å². The van der Waals surface area contributed by atoms with E-state index in [2.05, 4.69) is 15.5 Å². The zero-order chi connectivity index (χ0) is 20.6. The Morgan fingerprint density at radius 3 is 2.31 bits per heavy atom. The number of anilines is 1. The summed E-state index contributed by atoms with van der Waals surface area (Å²) < 4.78 is 5.38. The van der Waals surface area contributed by atoms with Crippen molar-refractivity contribution >= 4 is 17.5 Å². The van der Waals surface area contributed by atoms with E-state index in [4.69, 9.17) is 4.74 Å². The van der Waals surface area contributed by atoms with Crippen LogP contribution in [0.2, 0.25) is 0 Å². The van der Waals surface area contributed by atoms with Crippen molar-refractivity contribution in [3.8, 4) is 0 Å². The molecular weight excluding hydrogens is 366 g/mol. The number of carbonyl (C=O) groups excluding carboxylic acids is 2.